The van der Waals surface area contributed by atoms with Crippen molar-refractivity contribution in [3.05, 3.63) is 72.8 Å². The van der Waals surface area contributed by atoms with Gasteiger partial charge in [-0.3, -0.25) is 4.79 Å². The van der Waals surface area contributed by atoms with Crippen LogP contribution in [0.3, 0.4) is 0 Å². The molecule has 0 aliphatic heterocycles. The van der Waals surface area contributed by atoms with Gasteiger partial charge < -0.3 is 0 Å². The Labute approximate surface area is 128 Å². The largest absolute Gasteiger partial charge is 0.277 e. The van der Waals surface area contributed by atoms with Gasteiger partial charge in [0.05, 0.1) is 10.6 Å². The molecule has 0 radical (unpaired) electrons. The Kier molecular flexibility index (Phi) is 3.65. The molecule has 4 nitrogen and oxygen atoms in total. The van der Waals surface area contributed by atoms with Gasteiger partial charge in [0.25, 0.3) is 10.0 Å². The Bertz CT molecular complexity index is 916. The van der Waals surface area contributed by atoms with Crippen LogP contribution in [-0.2, 0) is 14.8 Å². The second-order valence-electron chi connectivity index (χ2n) is 4.72. The first-order valence-electron chi connectivity index (χ1n) is 6.67. The van der Waals surface area contributed by atoms with Crippen LogP contribution in [-0.4, -0.2) is 14.8 Å². The van der Waals surface area contributed by atoms with E-state index in [-0.39, 0.29) is 4.90 Å². The average Bonchev–Trinajstić information content (AvgIpc) is 2.55. The number of rotatable bonds is 4. The average molecular weight is 311 g/mol. The second-order valence-corrected chi connectivity index (χ2v) is 6.50. The summed E-state index contributed by atoms with van der Waals surface area (Å²) in [5.74, 6) is 0. The van der Waals surface area contributed by atoms with Crippen molar-refractivity contribution in [2.45, 2.75) is 4.90 Å². The second kappa shape index (κ2) is 5.61. The molecule has 0 N–H and O–H groups in total. The third kappa shape index (κ3) is 2.35. The third-order valence-corrected chi connectivity index (χ3v) is 5.12. The maximum atomic E-state index is 12.9. The molecule has 0 aliphatic rings. The SMILES string of the molecule is O=CN(c1ccccc1)S(=O)(=O)c1cccc2ccccc12. The van der Waals surface area contributed by atoms with Crippen molar-refractivity contribution in [3.8, 4) is 0 Å². The molecule has 0 saturated heterocycles. The normalized spacial score (nSPS) is 11.3. The summed E-state index contributed by atoms with van der Waals surface area (Å²) in [7, 11) is -3.97. The van der Waals surface area contributed by atoms with Crippen molar-refractivity contribution < 1.29 is 13.2 Å². The molecular formula is C17H13NO3S. The molecule has 0 atom stereocenters. The molecule has 3 rings (SSSR count). The van der Waals surface area contributed by atoms with Gasteiger partial charge in [0.1, 0.15) is 0 Å². The van der Waals surface area contributed by atoms with Gasteiger partial charge in [-0.1, -0.05) is 54.6 Å². The molecule has 0 aliphatic carbocycles. The van der Waals surface area contributed by atoms with Crippen molar-refractivity contribution in [1.29, 1.82) is 0 Å². The van der Waals surface area contributed by atoms with Gasteiger partial charge in [0.2, 0.25) is 6.41 Å². The Morgan fingerprint density at radius 1 is 0.773 bits per heavy atom. The predicted octanol–water partition coefficient (Wildman–Crippen LogP) is 3.19. The molecule has 3 aromatic rings. The van der Waals surface area contributed by atoms with Crippen molar-refractivity contribution in [2.75, 3.05) is 4.31 Å². The fourth-order valence-corrected chi connectivity index (χ4v) is 3.80. The summed E-state index contributed by atoms with van der Waals surface area (Å²) >= 11 is 0. The minimum Gasteiger partial charge on any atom is -0.277 e. The molecule has 0 saturated carbocycles. The van der Waals surface area contributed by atoms with E-state index in [4.69, 9.17) is 0 Å². The van der Waals surface area contributed by atoms with Gasteiger partial charge >= 0.3 is 0 Å². The highest BCUT2D eigenvalue weighted by molar-refractivity contribution is 7.93. The van der Waals surface area contributed by atoms with Crippen molar-refractivity contribution in [2.24, 2.45) is 0 Å². The Morgan fingerprint density at radius 2 is 1.41 bits per heavy atom. The smallest absolute Gasteiger partial charge is 0.271 e. The van der Waals surface area contributed by atoms with Gasteiger partial charge in [0, 0.05) is 5.39 Å². The molecule has 0 bridgehead atoms. The van der Waals surface area contributed by atoms with E-state index < -0.39 is 10.0 Å². The molecular weight excluding hydrogens is 298 g/mol. The zero-order valence-electron chi connectivity index (χ0n) is 11.6. The Hall–Kier alpha value is -2.66. The molecule has 0 unspecified atom stereocenters. The van der Waals surface area contributed by atoms with Crippen LogP contribution >= 0.6 is 0 Å². The number of hydrogen-bond donors (Lipinski definition) is 0. The first-order chi connectivity index (χ1) is 10.6. The molecule has 1 amide bonds. The van der Waals surface area contributed by atoms with Gasteiger partial charge in [-0.25, -0.2) is 12.7 Å². The maximum absolute atomic E-state index is 12.9. The number of fused-ring (bicyclic) bond motifs is 1. The van der Waals surface area contributed by atoms with E-state index in [2.05, 4.69) is 0 Å². The molecule has 5 heteroatoms. The van der Waals surface area contributed by atoms with E-state index in [0.29, 0.717) is 17.5 Å². The third-order valence-electron chi connectivity index (χ3n) is 3.39. The number of para-hydroxylation sites is 1. The minimum atomic E-state index is -3.97. The standard InChI is InChI=1S/C17H13NO3S/c19-13-18(15-9-2-1-3-10-15)22(20,21)17-12-6-8-14-7-4-5-11-16(14)17/h1-13H. The lowest BCUT2D eigenvalue weighted by atomic mass is 10.1. The minimum absolute atomic E-state index is 0.113. The summed E-state index contributed by atoms with van der Waals surface area (Å²) in [5.41, 5.74) is 0.311. The lowest BCUT2D eigenvalue weighted by Crippen LogP contribution is -2.29. The summed E-state index contributed by atoms with van der Waals surface area (Å²) in [6.45, 7) is 0. The summed E-state index contributed by atoms with van der Waals surface area (Å²) < 4.78 is 26.5. The van der Waals surface area contributed by atoms with E-state index in [1.54, 1.807) is 48.5 Å². The quantitative estimate of drug-likeness (QED) is 0.695. The molecule has 0 fully saturated rings. The summed E-state index contributed by atoms with van der Waals surface area (Å²) in [6, 6.07) is 20.5. The Balaban J connectivity index is 2.22. The van der Waals surface area contributed by atoms with Crippen LogP contribution in [0, 0.1) is 0 Å². The Morgan fingerprint density at radius 3 is 2.14 bits per heavy atom. The van der Waals surface area contributed by atoms with Crippen LogP contribution in [0.2, 0.25) is 0 Å². The van der Waals surface area contributed by atoms with Gasteiger partial charge in [-0.05, 0) is 23.6 Å². The van der Waals surface area contributed by atoms with Crippen LogP contribution in [0.15, 0.2) is 77.7 Å². The van der Waals surface area contributed by atoms with Crippen LogP contribution in [0.25, 0.3) is 10.8 Å². The van der Waals surface area contributed by atoms with E-state index in [0.717, 1.165) is 9.69 Å². The lowest BCUT2D eigenvalue weighted by Gasteiger charge is -2.18. The van der Waals surface area contributed by atoms with Crippen LogP contribution in [0.4, 0.5) is 5.69 Å². The van der Waals surface area contributed by atoms with Gasteiger partial charge in [-0.2, -0.15) is 0 Å². The highest BCUT2D eigenvalue weighted by Gasteiger charge is 2.26. The molecule has 0 spiro atoms. The molecule has 22 heavy (non-hydrogen) atoms. The molecule has 0 aromatic heterocycles. The van der Waals surface area contributed by atoms with Gasteiger partial charge in [-0.15, -0.1) is 0 Å². The summed E-state index contributed by atoms with van der Waals surface area (Å²) in [4.78, 5) is 11.5. The number of carbonyl (C=O) groups excluding carboxylic acids is 1. The molecule has 0 heterocycles. The first kappa shape index (κ1) is 14.3. The highest BCUT2D eigenvalue weighted by Crippen LogP contribution is 2.27. The fraction of sp³-hybridized carbons (Fsp3) is 0. The zero-order valence-corrected chi connectivity index (χ0v) is 12.4. The molecule has 3 aromatic carbocycles. The summed E-state index contributed by atoms with van der Waals surface area (Å²) in [5, 5.41) is 1.40. The van der Waals surface area contributed by atoms with Gasteiger partial charge in [0.15, 0.2) is 0 Å². The number of carbonyl (C=O) groups is 1. The van der Waals surface area contributed by atoms with E-state index in [9.17, 15) is 13.2 Å². The monoisotopic (exact) mass is 311 g/mol. The van der Waals surface area contributed by atoms with Crippen molar-refractivity contribution >= 4 is 32.9 Å². The van der Waals surface area contributed by atoms with Crippen LogP contribution in [0.5, 0.6) is 0 Å². The first-order valence-corrected chi connectivity index (χ1v) is 8.11. The summed E-state index contributed by atoms with van der Waals surface area (Å²) in [6.07, 6.45) is 0.326. The number of sulfonamides is 1. The fourth-order valence-electron chi connectivity index (χ4n) is 2.36. The topological polar surface area (TPSA) is 54.5 Å². The van der Waals surface area contributed by atoms with E-state index in [1.807, 2.05) is 18.2 Å². The number of amides is 1. The van der Waals surface area contributed by atoms with Crippen LogP contribution < -0.4 is 4.31 Å². The van der Waals surface area contributed by atoms with E-state index >= 15 is 0 Å². The van der Waals surface area contributed by atoms with Crippen molar-refractivity contribution in [3.63, 3.8) is 0 Å². The number of nitrogens with zero attached hydrogens (tertiary/aromatic N) is 1. The van der Waals surface area contributed by atoms with Crippen LogP contribution in [0.1, 0.15) is 0 Å². The number of hydrogen-bond acceptors (Lipinski definition) is 3. The predicted molar refractivity (Wildman–Crippen MR) is 86.1 cm³/mol. The number of benzene rings is 3. The van der Waals surface area contributed by atoms with Crippen molar-refractivity contribution in [1.82, 2.24) is 0 Å². The maximum Gasteiger partial charge on any atom is 0.271 e. The zero-order chi connectivity index (χ0) is 15.6. The molecule has 110 valence electrons. The highest BCUT2D eigenvalue weighted by atomic mass is 32.2. The lowest BCUT2D eigenvalue weighted by molar-refractivity contribution is -0.106. The number of anilines is 1. The van der Waals surface area contributed by atoms with E-state index in [1.165, 1.54) is 6.07 Å².